The Kier molecular flexibility index (Phi) is 7.06. The van der Waals surface area contributed by atoms with Crippen molar-refractivity contribution in [3.05, 3.63) is 42.4 Å². The Morgan fingerprint density at radius 3 is 2.96 bits per heavy atom. The topological polar surface area (TPSA) is 76.4 Å². The lowest BCUT2D eigenvalue weighted by molar-refractivity contribution is 0.152. The molecule has 2 N–H and O–H groups in total. The zero-order valence-corrected chi connectivity index (χ0v) is 13.7. The van der Waals surface area contributed by atoms with Crippen LogP contribution in [0.1, 0.15) is 19.4 Å². The maximum absolute atomic E-state index is 5.32. The van der Waals surface area contributed by atoms with E-state index in [0.29, 0.717) is 13.2 Å². The van der Waals surface area contributed by atoms with Gasteiger partial charge >= 0.3 is 0 Å². The van der Waals surface area contributed by atoms with Crippen LogP contribution in [0.25, 0.3) is 5.82 Å². The molecule has 0 saturated heterocycles. The Balaban J connectivity index is 1.96. The van der Waals surface area contributed by atoms with Crippen LogP contribution in [0.2, 0.25) is 0 Å². The smallest absolute Gasteiger partial charge is 0.191 e. The third kappa shape index (κ3) is 5.71. The van der Waals surface area contributed by atoms with Gasteiger partial charge < -0.3 is 15.4 Å². The van der Waals surface area contributed by atoms with Gasteiger partial charge in [-0.25, -0.2) is 14.7 Å². The van der Waals surface area contributed by atoms with Crippen molar-refractivity contribution in [1.82, 2.24) is 25.4 Å². The Hall–Kier alpha value is -2.41. The maximum atomic E-state index is 5.32. The van der Waals surface area contributed by atoms with Crippen LogP contribution in [0, 0.1) is 0 Å². The number of aromatic nitrogens is 3. The number of hydrogen-bond donors (Lipinski definition) is 2. The van der Waals surface area contributed by atoms with Gasteiger partial charge in [0.2, 0.25) is 0 Å². The second kappa shape index (κ2) is 9.58. The summed E-state index contributed by atoms with van der Waals surface area (Å²) in [6, 6.07) is 5.82. The molecule has 0 aromatic carbocycles. The van der Waals surface area contributed by atoms with Crippen molar-refractivity contribution in [1.29, 1.82) is 0 Å². The molecule has 0 fully saturated rings. The van der Waals surface area contributed by atoms with E-state index in [1.165, 1.54) is 0 Å². The number of guanidine groups is 1. The number of nitrogens with one attached hydrogen (secondary N) is 2. The molecule has 23 heavy (non-hydrogen) atoms. The zero-order chi connectivity index (χ0) is 16.3. The highest BCUT2D eigenvalue weighted by atomic mass is 16.5. The molecule has 2 heterocycles. The first kappa shape index (κ1) is 17.0. The van der Waals surface area contributed by atoms with Crippen molar-refractivity contribution in [2.75, 3.05) is 26.3 Å². The van der Waals surface area contributed by atoms with E-state index >= 15 is 0 Å². The van der Waals surface area contributed by atoms with Gasteiger partial charge in [-0.05, 0) is 37.6 Å². The Morgan fingerprint density at radius 1 is 1.30 bits per heavy atom. The predicted octanol–water partition coefficient (Wildman–Crippen LogP) is 1.36. The predicted molar refractivity (Wildman–Crippen MR) is 90.7 cm³/mol. The molecule has 2 rings (SSSR count). The minimum atomic E-state index is 0.570. The van der Waals surface area contributed by atoms with Crippen LogP contribution in [0.5, 0.6) is 0 Å². The van der Waals surface area contributed by atoms with E-state index in [4.69, 9.17) is 4.74 Å². The Morgan fingerprint density at radius 2 is 2.22 bits per heavy atom. The first-order valence-corrected chi connectivity index (χ1v) is 7.88. The molecule has 124 valence electrons. The second-order valence-electron chi connectivity index (χ2n) is 4.79. The molecule has 0 unspecified atom stereocenters. The molecule has 2 aromatic heterocycles. The van der Waals surface area contributed by atoms with E-state index in [1.54, 1.807) is 17.1 Å². The van der Waals surface area contributed by atoms with Gasteiger partial charge in [-0.15, -0.1) is 0 Å². The highest BCUT2D eigenvalue weighted by Crippen LogP contribution is 2.07. The van der Waals surface area contributed by atoms with Gasteiger partial charge in [0.25, 0.3) is 0 Å². The highest BCUT2D eigenvalue weighted by Gasteiger charge is 2.01. The minimum Gasteiger partial charge on any atom is -0.380 e. The van der Waals surface area contributed by atoms with Crippen molar-refractivity contribution < 1.29 is 4.74 Å². The molecular weight excluding hydrogens is 292 g/mol. The van der Waals surface area contributed by atoms with E-state index in [0.717, 1.165) is 37.0 Å². The lowest BCUT2D eigenvalue weighted by atomic mass is 10.2. The lowest BCUT2D eigenvalue weighted by Gasteiger charge is -2.11. The molecule has 0 bridgehead atoms. The van der Waals surface area contributed by atoms with Crippen molar-refractivity contribution in [3.8, 4) is 5.82 Å². The van der Waals surface area contributed by atoms with Crippen molar-refractivity contribution >= 4 is 5.96 Å². The molecule has 2 aromatic rings. The number of ether oxygens (including phenoxy) is 1. The monoisotopic (exact) mass is 316 g/mol. The standard InChI is InChI=1S/C16H24N6O/c1-3-17-16(19-9-11-23-4-2)20-13-14-6-8-18-15(12-14)22-10-5-7-21-22/h5-8,10,12H,3-4,9,11,13H2,1-2H3,(H2,17,19,20). The maximum Gasteiger partial charge on any atom is 0.191 e. The van der Waals surface area contributed by atoms with Crippen LogP contribution >= 0.6 is 0 Å². The average Bonchev–Trinajstić information content (AvgIpc) is 3.11. The molecule has 0 amide bonds. The molecule has 7 nitrogen and oxygen atoms in total. The summed E-state index contributed by atoms with van der Waals surface area (Å²) in [6.07, 6.45) is 5.38. The molecule has 0 spiro atoms. The fourth-order valence-corrected chi connectivity index (χ4v) is 1.99. The molecule has 0 atom stereocenters. The SMILES string of the molecule is CCNC(=NCc1ccnc(-n2cccn2)c1)NCCOCC. The summed E-state index contributed by atoms with van der Waals surface area (Å²) < 4.78 is 7.05. The van der Waals surface area contributed by atoms with Crippen molar-refractivity contribution in [3.63, 3.8) is 0 Å². The van der Waals surface area contributed by atoms with Gasteiger partial charge in [-0.1, -0.05) is 0 Å². The molecule has 0 saturated carbocycles. The lowest BCUT2D eigenvalue weighted by Crippen LogP contribution is -2.39. The van der Waals surface area contributed by atoms with E-state index in [2.05, 4.69) is 25.7 Å². The third-order valence-corrected chi connectivity index (χ3v) is 3.06. The molecule has 0 aliphatic carbocycles. The first-order valence-electron chi connectivity index (χ1n) is 7.88. The quantitative estimate of drug-likeness (QED) is 0.437. The highest BCUT2D eigenvalue weighted by molar-refractivity contribution is 5.79. The number of rotatable bonds is 8. The molecule has 0 aliphatic rings. The summed E-state index contributed by atoms with van der Waals surface area (Å²) in [5.41, 5.74) is 1.08. The van der Waals surface area contributed by atoms with Crippen molar-refractivity contribution in [2.24, 2.45) is 4.99 Å². The van der Waals surface area contributed by atoms with E-state index in [9.17, 15) is 0 Å². The van der Waals surface area contributed by atoms with Gasteiger partial charge in [0, 0.05) is 38.3 Å². The molecular formula is C16H24N6O. The number of nitrogens with zero attached hydrogens (tertiary/aromatic N) is 4. The molecule has 7 heteroatoms. The number of aliphatic imine (C=N–C) groups is 1. The van der Waals surface area contributed by atoms with Gasteiger partial charge in [0.05, 0.1) is 13.2 Å². The van der Waals surface area contributed by atoms with E-state index in [1.807, 2.05) is 38.2 Å². The van der Waals surface area contributed by atoms with Crippen molar-refractivity contribution in [2.45, 2.75) is 20.4 Å². The summed E-state index contributed by atoms with van der Waals surface area (Å²) >= 11 is 0. The van der Waals surface area contributed by atoms with Gasteiger partial charge in [-0.3, -0.25) is 0 Å². The Bertz CT molecular complexity index is 596. The first-order chi connectivity index (χ1) is 11.3. The zero-order valence-electron chi connectivity index (χ0n) is 13.7. The minimum absolute atomic E-state index is 0.570. The summed E-state index contributed by atoms with van der Waals surface area (Å²) in [7, 11) is 0. The fourth-order valence-electron chi connectivity index (χ4n) is 1.99. The molecule has 0 aliphatic heterocycles. The summed E-state index contributed by atoms with van der Waals surface area (Å²) in [5.74, 6) is 1.57. The number of pyridine rings is 1. The van der Waals surface area contributed by atoms with E-state index in [-0.39, 0.29) is 0 Å². The van der Waals surface area contributed by atoms with Crippen LogP contribution < -0.4 is 10.6 Å². The fraction of sp³-hybridized carbons (Fsp3) is 0.438. The van der Waals surface area contributed by atoms with Gasteiger partial charge in [0.15, 0.2) is 11.8 Å². The largest absolute Gasteiger partial charge is 0.380 e. The second-order valence-corrected chi connectivity index (χ2v) is 4.79. The van der Waals surface area contributed by atoms with Crippen LogP contribution in [-0.4, -0.2) is 47.0 Å². The van der Waals surface area contributed by atoms with Crippen LogP contribution in [0.15, 0.2) is 41.8 Å². The van der Waals surface area contributed by atoms with Crippen LogP contribution in [-0.2, 0) is 11.3 Å². The van der Waals surface area contributed by atoms with Gasteiger partial charge in [0.1, 0.15) is 0 Å². The summed E-state index contributed by atoms with van der Waals surface area (Å²) in [6.45, 7) is 7.54. The summed E-state index contributed by atoms with van der Waals surface area (Å²) in [5, 5.41) is 10.7. The van der Waals surface area contributed by atoms with E-state index < -0.39 is 0 Å². The van der Waals surface area contributed by atoms with Gasteiger partial charge in [-0.2, -0.15) is 5.10 Å². The normalized spacial score (nSPS) is 11.5. The third-order valence-electron chi connectivity index (χ3n) is 3.06. The average molecular weight is 316 g/mol. The Labute approximate surface area is 136 Å². The summed E-state index contributed by atoms with van der Waals surface area (Å²) in [4.78, 5) is 8.90. The molecule has 0 radical (unpaired) electrons. The van der Waals surface area contributed by atoms with Crippen LogP contribution in [0.4, 0.5) is 0 Å². The van der Waals surface area contributed by atoms with Crippen LogP contribution in [0.3, 0.4) is 0 Å². The number of hydrogen-bond acceptors (Lipinski definition) is 4.